The van der Waals surface area contributed by atoms with E-state index in [9.17, 15) is 9.59 Å². The molecule has 2 N–H and O–H groups in total. The van der Waals surface area contributed by atoms with Crippen molar-refractivity contribution in [1.29, 1.82) is 0 Å². The Bertz CT molecular complexity index is 688. The van der Waals surface area contributed by atoms with Gasteiger partial charge in [-0.3, -0.25) is 9.59 Å². The third kappa shape index (κ3) is 5.74. The number of nitrogens with one attached hydrogen (secondary N) is 1. The van der Waals surface area contributed by atoms with Crippen LogP contribution in [0.15, 0.2) is 54.6 Å². The van der Waals surface area contributed by atoms with Crippen LogP contribution >= 0.6 is 11.8 Å². The molecule has 0 aliphatic carbocycles. The highest BCUT2D eigenvalue weighted by molar-refractivity contribution is 7.98. The summed E-state index contributed by atoms with van der Waals surface area (Å²) in [7, 11) is 0. The normalized spacial score (nSPS) is 11.7. The van der Waals surface area contributed by atoms with E-state index in [1.807, 2.05) is 61.5 Å². The Kier molecular flexibility index (Phi) is 6.88. The number of hydrogen-bond acceptors (Lipinski definition) is 3. The first-order valence-corrected chi connectivity index (χ1v) is 8.96. The van der Waals surface area contributed by atoms with E-state index in [0.29, 0.717) is 5.75 Å². The summed E-state index contributed by atoms with van der Waals surface area (Å²) in [5, 5.41) is 11.6. The second-order valence-corrected chi connectivity index (χ2v) is 6.62. The Morgan fingerprint density at radius 2 is 1.88 bits per heavy atom. The second kappa shape index (κ2) is 9.13. The zero-order valence-electron chi connectivity index (χ0n) is 13.6. The summed E-state index contributed by atoms with van der Waals surface area (Å²) in [5.74, 6) is 0.262. The van der Waals surface area contributed by atoms with Gasteiger partial charge in [0.2, 0.25) is 5.91 Å². The van der Waals surface area contributed by atoms with Gasteiger partial charge >= 0.3 is 5.97 Å². The fourth-order valence-corrected chi connectivity index (χ4v) is 3.11. The molecule has 1 unspecified atom stereocenters. The highest BCUT2D eigenvalue weighted by Gasteiger charge is 2.14. The van der Waals surface area contributed by atoms with E-state index in [0.717, 1.165) is 22.6 Å². The van der Waals surface area contributed by atoms with E-state index < -0.39 is 5.97 Å². The maximum atomic E-state index is 12.4. The van der Waals surface area contributed by atoms with Gasteiger partial charge < -0.3 is 10.4 Å². The monoisotopic (exact) mass is 343 g/mol. The molecule has 0 bridgehead atoms. The molecule has 2 rings (SSSR count). The molecule has 126 valence electrons. The number of amides is 1. The number of thioether (sulfide) groups is 1. The molecule has 1 atom stereocenters. The summed E-state index contributed by atoms with van der Waals surface area (Å²) < 4.78 is 0. The molecule has 0 aliphatic heterocycles. The predicted octanol–water partition coefficient (Wildman–Crippen LogP) is 4.14. The van der Waals surface area contributed by atoms with E-state index in [4.69, 9.17) is 5.11 Å². The fraction of sp³-hybridized carbons (Fsp3) is 0.263. The Hall–Kier alpha value is -2.27. The summed E-state index contributed by atoms with van der Waals surface area (Å²) in [6.07, 6.45) is 0.162. The topological polar surface area (TPSA) is 66.4 Å². The van der Waals surface area contributed by atoms with Crippen molar-refractivity contribution in [3.63, 3.8) is 0 Å². The van der Waals surface area contributed by atoms with Crippen molar-refractivity contribution in [2.75, 3.05) is 11.1 Å². The molecule has 1 amide bonds. The summed E-state index contributed by atoms with van der Waals surface area (Å²) >= 11 is 1.57. The van der Waals surface area contributed by atoms with Crippen molar-refractivity contribution < 1.29 is 14.7 Å². The molecular weight excluding hydrogens is 322 g/mol. The molecule has 0 aromatic heterocycles. The summed E-state index contributed by atoms with van der Waals surface area (Å²) in [5.41, 5.74) is 2.81. The van der Waals surface area contributed by atoms with E-state index in [1.54, 1.807) is 11.8 Å². The molecule has 2 aromatic rings. The molecule has 24 heavy (non-hydrogen) atoms. The molecule has 4 nitrogen and oxygen atoms in total. The maximum Gasteiger partial charge on any atom is 0.304 e. The van der Waals surface area contributed by atoms with Crippen LogP contribution in [0.4, 0.5) is 5.69 Å². The van der Waals surface area contributed by atoms with E-state index in [1.165, 1.54) is 0 Å². The standard InChI is InChI=1S/C19H21NO3S/c1-14(16-7-3-2-4-8-16)19(23)20-17-9-5-6-15(12-17)13-24-11-10-18(21)22/h2-9,12,14H,10-11,13H2,1H3,(H,20,23)(H,21,22). The zero-order chi connectivity index (χ0) is 17.4. The van der Waals surface area contributed by atoms with Crippen LogP contribution < -0.4 is 5.32 Å². The summed E-state index contributed by atoms with van der Waals surface area (Å²) in [4.78, 5) is 22.9. The van der Waals surface area contributed by atoms with Crippen LogP contribution in [0.3, 0.4) is 0 Å². The highest BCUT2D eigenvalue weighted by Crippen LogP contribution is 2.20. The van der Waals surface area contributed by atoms with Crippen LogP contribution in [0.1, 0.15) is 30.4 Å². The van der Waals surface area contributed by atoms with Gasteiger partial charge in [-0.15, -0.1) is 0 Å². The molecule has 5 heteroatoms. The van der Waals surface area contributed by atoms with Crippen LogP contribution in [-0.4, -0.2) is 22.7 Å². The maximum absolute atomic E-state index is 12.4. The van der Waals surface area contributed by atoms with E-state index in [-0.39, 0.29) is 18.2 Å². The van der Waals surface area contributed by atoms with Crippen LogP contribution in [0, 0.1) is 0 Å². The average Bonchev–Trinajstić information content (AvgIpc) is 2.59. The van der Waals surface area contributed by atoms with Crippen LogP contribution in [-0.2, 0) is 15.3 Å². The minimum absolute atomic E-state index is 0.0446. The van der Waals surface area contributed by atoms with Gasteiger partial charge in [-0.1, -0.05) is 42.5 Å². The minimum atomic E-state index is -0.779. The number of carbonyl (C=O) groups is 2. The van der Waals surface area contributed by atoms with E-state index in [2.05, 4.69) is 5.32 Å². The van der Waals surface area contributed by atoms with Crippen molar-refractivity contribution in [3.8, 4) is 0 Å². The van der Waals surface area contributed by atoms with Crippen LogP contribution in [0.2, 0.25) is 0 Å². The SMILES string of the molecule is CC(C(=O)Nc1cccc(CSCCC(=O)O)c1)c1ccccc1. The summed E-state index contributed by atoms with van der Waals surface area (Å²) in [6.45, 7) is 1.89. The molecule has 0 spiro atoms. The lowest BCUT2D eigenvalue weighted by atomic mass is 10.0. The number of aliphatic carboxylic acids is 1. The smallest absolute Gasteiger partial charge is 0.304 e. The highest BCUT2D eigenvalue weighted by atomic mass is 32.2. The predicted molar refractivity (Wildman–Crippen MR) is 98.3 cm³/mol. The van der Waals surface area contributed by atoms with Gasteiger partial charge in [0.05, 0.1) is 12.3 Å². The first kappa shape index (κ1) is 18.1. The molecule has 0 fully saturated rings. The average molecular weight is 343 g/mol. The van der Waals surface area contributed by atoms with Gasteiger partial charge in [-0.05, 0) is 30.2 Å². The Morgan fingerprint density at radius 3 is 2.58 bits per heavy atom. The van der Waals surface area contributed by atoms with Crippen molar-refractivity contribution >= 4 is 29.3 Å². The number of rotatable bonds is 8. The number of benzene rings is 2. The Balaban J connectivity index is 1.91. The first-order chi connectivity index (χ1) is 11.6. The number of carboxylic acid groups (broad SMARTS) is 1. The van der Waals surface area contributed by atoms with Crippen molar-refractivity contribution in [1.82, 2.24) is 0 Å². The third-order valence-electron chi connectivity index (χ3n) is 3.62. The van der Waals surface area contributed by atoms with E-state index >= 15 is 0 Å². The second-order valence-electron chi connectivity index (χ2n) is 5.52. The van der Waals surface area contributed by atoms with Crippen molar-refractivity contribution in [2.45, 2.75) is 25.0 Å². The van der Waals surface area contributed by atoms with Gasteiger partial charge in [0.15, 0.2) is 0 Å². The lowest BCUT2D eigenvalue weighted by molar-refractivity contribution is -0.136. The molecule has 0 saturated carbocycles. The van der Waals surface area contributed by atoms with Crippen LogP contribution in [0.25, 0.3) is 0 Å². The Morgan fingerprint density at radius 1 is 1.12 bits per heavy atom. The minimum Gasteiger partial charge on any atom is -0.481 e. The van der Waals surface area contributed by atoms with Gasteiger partial charge in [-0.25, -0.2) is 0 Å². The zero-order valence-corrected chi connectivity index (χ0v) is 14.4. The molecule has 0 aliphatic rings. The fourth-order valence-electron chi connectivity index (χ4n) is 2.23. The molecule has 0 saturated heterocycles. The molecular formula is C19H21NO3S. The first-order valence-electron chi connectivity index (χ1n) is 7.80. The lowest BCUT2D eigenvalue weighted by Crippen LogP contribution is -2.18. The summed E-state index contributed by atoms with van der Waals surface area (Å²) in [6, 6.07) is 17.3. The van der Waals surface area contributed by atoms with Gasteiger partial charge in [0.25, 0.3) is 0 Å². The van der Waals surface area contributed by atoms with Gasteiger partial charge in [0.1, 0.15) is 0 Å². The lowest BCUT2D eigenvalue weighted by Gasteiger charge is -2.13. The van der Waals surface area contributed by atoms with Crippen molar-refractivity contribution in [3.05, 3.63) is 65.7 Å². The Labute approximate surface area is 146 Å². The van der Waals surface area contributed by atoms with Gasteiger partial charge in [-0.2, -0.15) is 11.8 Å². The number of carboxylic acids is 1. The molecule has 0 radical (unpaired) electrons. The van der Waals surface area contributed by atoms with Gasteiger partial charge in [0, 0.05) is 17.2 Å². The quantitative estimate of drug-likeness (QED) is 0.707. The number of hydrogen-bond donors (Lipinski definition) is 2. The number of anilines is 1. The third-order valence-corrected chi connectivity index (χ3v) is 4.65. The van der Waals surface area contributed by atoms with Crippen LogP contribution in [0.5, 0.6) is 0 Å². The molecule has 0 heterocycles. The largest absolute Gasteiger partial charge is 0.481 e. The molecule has 2 aromatic carbocycles. The number of carbonyl (C=O) groups excluding carboxylic acids is 1. The van der Waals surface area contributed by atoms with Crippen molar-refractivity contribution in [2.24, 2.45) is 0 Å².